The Balaban J connectivity index is 1.57. The number of carbonyl (C=O) groups excluding carboxylic acids is 1. The number of anilines is 3. The van der Waals surface area contributed by atoms with Crippen molar-refractivity contribution in [2.24, 2.45) is 0 Å². The van der Waals surface area contributed by atoms with Crippen molar-refractivity contribution in [2.75, 3.05) is 16.8 Å². The Morgan fingerprint density at radius 2 is 1.63 bits per heavy atom. The molecule has 0 spiro atoms. The smallest absolute Gasteiger partial charge is 0.235 e. The first-order valence-electron chi connectivity index (χ1n) is 8.78. The molecule has 27 heavy (non-hydrogen) atoms. The molecule has 4 rings (SSSR count). The topological polar surface area (TPSA) is 120 Å². The van der Waals surface area contributed by atoms with Crippen LogP contribution in [0.25, 0.3) is 11.3 Å². The normalized spacial score (nSPS) is 15.0. The molecule has 7 nitrogen and oxygen atoms in total. The van der Waals surface area contributed by atoms with E-state index in [9.17, 15) is 4.79 Å². The number of nitrogens with two attached hydrogens (primary N) is 2. The van der Waals surface area contributed by atoms with Gasteiger partial charge in [0.05, 0.1) is 11.1 Å². The molecule has 1 aliphatic rings. The summed E-state index contributed by atoms with van der Waals surface area (Å²) in [7, 11) is 0. The predicted molar refractivity (Wildman–Crippen MR) is 105 cm³/mol. The van der Waals surface area contributed by atoms with Crippen LogP contribution in [0.3, 0.4) is 0 Å². The number of nitrogens with zero attached hydrogens (tertiary/aromatic N) is 3. The van der Waals surface area contributed by atoms with Gasteiger partial charge in [0.25, 0.3) is 0 Å². The number of hydrogen-bond acceptors (Lipinski definition) is 6. The molecule has 136 valence electrons. The van der Waals surface area contributed by atoms with Gasteiger partial charge in [-0.3, -0.25) is 9.78 Å². The highest BCUT2D eigenvalue weighted by atomic mass is 16.2. The number of pyridine rings is 1. The maximum atomic E-state index is 13.0. The van der Waals surface area contributed by atoms with E-state index < -0.39 is 5.41 Å². The van der Waals surface area contributed by atoms with Crippen molar-refractivity contribution in [2.45, 2.75) is 24.7 Å². The Labute approximate surface area is 156 Å². The van der Waals surface area contributed by atoms with Gasteiger partial charge >= 0.3 is 0 Å². The summed E-state index contributed by atoms with van der Waals surface area (Å²) in [5, 5.41) is 3.01. The molecule has 0 unspecified atom stereocenters. The minimum atomic E-state index is -0.537. The molecular formula is C20H20N6O. The number of hydrogen-bond donors (Lipinski definition) is 3. The average molecular weight is 360 g/mol. The quantitative estimate of drug-likeness (QED) is 0.615. The maximum absolute atomic E-state index is 13.0. The van der Waals surface area contributed by atoms with E-state index in [0.717, 1.165) is 41.8 Å². The van der Waals surface area contributed by atoms with Crippen molar-refractivity contribution in [1.82, 2.24) is 15.0 Å². The predicted octanol–water partition coefficient (Wildman–Crippen LogP) is 2.76. The summed E-state index contributed by atoms with van der Waals surface area (Å²) >= 11 is 0. The van der Waals surface area contributed by atoms with Crippen molar-refractivity contribution >= 4 is 23.2 Å². The average Bonchev–Trinajstić information content (AvgIpc) is 2.64. The van der Waals surface area contributed by atoms with Crippen LogP contribution >= 0.6 is 0 Å². The number of aromatic nitrogens is 3. The molecule has 3 aromatic rings. The fourth-order valence-electron chi connectivity index (χ4n) is 3.31. The van der Waals surface area contributed by atoms with Gasteiger partial charge in [0.2, 0.25) is 11.9 Å². The van der Waals surface area contributed by atoms with Crippen LogP contribution in [0.2, 0.25) is 0 Å². The summed E-state index contributed by atoms with van der Waals surface area (Å²) in [6.07, 6.45) is 7.67. The molecular weight excluding hydrogens is 340 g/mol. The minimum Gasteiger partial charge on any atom is -0.399 e. The van der Waals surface area contributed by atoms with Gasteiger partial charge in [-0.15, -0.1) is 0 Å². The van der Waals surface area contributed by atoms with Gasteiger partial charge in [-0.25, -0.2) is 9.97 Å². The molecule has 7 heteroatoms. The largest absolute Gasteiger partial charge is 0.399 e. The molecule has 0 radical (unpaired) electrons. The molecule has 2 heterocycles. The first-order valence-corrected chi connectivity index (χ1v) is 8.78. The van der Waals surface area contributed by atoms with E-state index in [-0.39, 0.29) is 11.9 Å². The van der Waals surface area contributed by atoms with E-state index in [1.807, 2.05) is 24.3 Å². The van der Waals surface area contributed by atoms with Crippen molar-refractivity contribution in [3.05, 3.63) is 60.6 Å². The molecule has 5 N–H and O–H groups in total. The second-order valence-electron chi connectivity index (χ2n) is 6.77. The third-order valence-corrected chi connectivity index (χ3v) is 5.09. The first-order chi connectivity index (χ1) is 13.1. The molecule has 1 saturated carbocycles. The summed E-state index contributed by atoms with van der Waals surface area (Å²) in [4.78, 5) is 25.5. The van der Waals surface area contributed by atoms with Crippen LogP contribution in [-0.4, -0.2) is 20.9 Å². The van der Waals surface area contributed by atoms with Gasteiger partial charge in [-0.2, -0.15) is 0 Å². The fourth-order valence-corrected chi connectivity index (χ4v) is 3.31. The number of nitrogens with one attached hydrogen (secondary N) is 1. The lowest BCUT2D eigenvalue weighted by Crippen LogP contribution is -2.46. The van der Waals surface area contributed by atoms with Crippen LogP contribution < -0.4 is 16.8 Å². The molecule has 1 aliphatic carbocycles. The van der Waals surface area contributed by atoms with Crippen LogP contribution in [0.1, 0.15) is 24.8 Å². The zero-order valence-electron chi connectivity index (χ0n) is 14.7. The van der Waals surface area contributed by atoms with Crippen LogP contribution in [0.15, 0.2) is 55.0 Å². The maximum Gasteiger partial charge on any atom is 0.235 e. The molecule has 0 aliphatic heterocycles. The second-order valence-corrected chi connectivity index (χ2v) is 6.77. The Kier molecular flexibility index (Phi) is 4.19. The third kappa shape index (κ3) is 3.19. The van der Waals surface area contributed by atoms with E-state index in [1.165, 1.54) is 0 Å². The Morgan fingerprint density at radius 1 is 0.926 bits per heavy atom. The van der Waals surface area contributed by atoms with Gasteiger partial charge in [0, 0.05) is 35.5 Å². The zero-order chi connectivity index (χ0) is 18.9. The highest BCUT2D eigenvalue weighted by Crippen LogP contribution is 2.44. The molecule has 2 aromatic heterocycles. The van der Waals surface area contributed by atoms with Crippen LogP contribution in [0.5, 0.6) is 0 Å². The van der Waals surface area contributed by atoms with E-state index >= 15 is 0 Å². The molecule has 1 aromatic carbocycles. The Bertz CT molecular complexity index is 947. The van der Waals surface area contributed by atoms with Crippen molar-refractivity contribution in [1.29, 1.82) is 0 Å². The highest BCUT2D eigenvalue weighted by Gasteiger charge is 2.45. The number of nitrogen functional groups attached to an aromatic ring is 2. The van der Waals surface area contributed by atoms with Crippen molar-refractivity contribution < 1.29 is 4.79 Å². The summed E-state index contributed by atoms with van der Waals surface area (Å²) in [6, 6.07) is 11.0. The SMILES string of the molecule is Nc1ccc(NC(=O)C2(c3ccc(-c4cnc(N)nc4)nc3)CCC2)cc1. The molecule has 0 saturated heterocycles. The standard InChI is InChI=1S/C20H20N6O/c21-15-3-5-16(6-4-15)26-18(27)20(8-1-9-20)14-2-7-17(23-12-14)13-10-24-19(22)25-11-13/h2-7,10-12H,1,8-9,21H2,(H,26,27)(H2,22,24,25). The lowest BCUT2D eigenvalue weighted by Gasteiger charge is -2.40. The van der Waals surface area contributed by atoms with Gasteiger partial charge < -0.3 is 16.8 Å². The Morgan fingerprint density at radius 3 is 2.19 bits per heavy atom. The Hall–Kier alpha value is -3.48. The summed E-state index contributed by atoms with van der Waals surface area (Å²) in [6.45, 7) is 0. The molecule has 1 amide bonds. The third-order valence-electron chi connectivity index (χ3n) is 5.09. The molecule has 0 atom stereocenters. The fraction of sp³-hybridized carbons (Fsp3) is 0.200. The lowest BCUT2D eigenvalue weighted by molar-refractivity contribution is -0.124. The minimum absolute atomic E-state index is 0.0103. The first kappa shape index (κ1) is 17.0. The van der Waals surface area contributed by atoms with Gasteiger partial charge in [0.15, 0.2) is 0 Å². The number of amides is 1. The number of benzene rings is 1. The van der Waals surface area contributed by atoms with Crippen LogP contribution in [0, 0.1) is 0 Å². The highest BCUT2D eigenvalue weighted by molar-refractivity contribution is 6.00. The van der Waals surface area contributed by atoms with Crippen molar-refractivity contribution in [3.8, 4) is 11.3 Å². The number of rotatable bonds is 4. The van der Waals surface area contributed by atoms with E-state index in [4.69, 9.17) is 11.5 Å². The van der Waals surface area contributed by atoms with E-state index in [2.05, 4.69) is 20.3 Å². The van der Waals surface area contributed by atoms with Crippen LogP contribution in [-0.2, 0) is 10.2 Å². The second kappa shape index (κ2) is 6.68. The van der Waals surface area contributed by atoms with E-state index in [1.54, 1.807) is 30.7 Å². The monoisotopic (exact) mass is 360 g/mol. The zero-order valence-corrected chi connectivity index (χ0v) is 14.7. The van der Waals surface area contributed by atoms with Crippen molar-refractivity contribution in [3.63, 3.8) is 0 Å². The summed E-state index contributed by atoms with van der Waals surface area (Å²) < 4.78 is 0. The lowest BCUT2D eigenvalue weighted by atomic mass is 9.64. The molecule has 0 bridgehead atoms. The summed E-state index contributed by atoms with van der Waals surface area (Å²) in [5.41, 5.74) is 14.5. The summed E-state index contributed by atoms with van der Waals surface area (Å²) in [5.74, 6) is 0.215. The van der Waals surface area contributed by atoms with Gasteiger partial charge in [-0.05, 0) is 48.7 Å². The molecule has 1 fully saturated rings. The van der Waals surface area contributed by atoms with Crippen LogP contribution in [0.4, 0.5) is 17.3 Å². The van der Waals surface area contributed by atoms with Gasteiger partial charge in [0.1, 0.15) is 0 Å². The number of carbonyl (C=O) groups is 1. The van der Waals surface area contributed by atoms with E-state index in [0.29, 0.717) is 5.69 Å². The van der Waals surface area contributed by atoms with Gasteiger partial charge in [-0.1, -0.05) is 12.5 Å².